The molecule has 0 fully saturated rings. The van der Waals surface area contributed by atoms with Crippen molar-refractivity contribution in [3.05, 3.63) is 70.5 Å². The summed E-state index contributed by atoms with van der Waals surface area (Å²) in [5.74, 6) is -1.15. The van der Waals surface area contributed by atoms with Gasteiger partial charge < -0.3 is 9.64 Å². The topological polar surface area (TPSA) is 62.2 Å². The summed E-state index contributed by atoms with van der Waals surface area (Å²) in [5, 5.41) is 6.43. The van der Waals surface area contributed by atoms with E-state index in [1.54, 1.807) is 51.3 Å². The van der Waals surface area contributed by atoms with Gasteiger partial charge in [0.1, 0.15) is 12.4 Å². The molecule has 0 saturated heterocycles. The molecule has 6 nitrogen and oxygen atoms in total. The van der Waals surface area contributed by atoms with Crippen molar-refractivity contribution in [3.63, 3.8) is 0 Å². The SMILES string of the molecule is COCCN(CC(=O)N1N=C(c2ccccc2F)C[C@@H]1c1ccc(Cl)cc1)C(=O)C(C)C. The van der Waals surface area contributed by atoms with Crippen molar-refractivity contribution in [1.29, 1.82) is 0 Å². The second-order valence-electron chi connectivity index (χ2n) is 7.94. The first kappa shape index (κ1) is 23.9. The van der Waals surface area contributed by atoms with Gasteiger partial charge in [-0.3, -0.25) is 9.59 Å². The molecule has 170 valence electrons. The van der Waals surface area contributed by atoms with Crippen molar-refractivity contribution in [3.8, 4) is 0 Å². The molecule has 0 aliphatic carbocycles. The molecule has 1 aliphatic rings. The third-order valence-corrected chi connectivity index (χ3v) is 5.55. The minimum Gasteiger partial charge on any atom is -0.383 e. The van der Waals surface area contributed by atoms with E-state index in [0.717, 1.165) is 5.56 Å². The van der Waals surface area contributed by atoms with Crippen LogP contribution in [0.25, 0.3) is 0 Å². The number of methoxy groups -OCH3 is 1. The molecule has 0 aromatic heterocycles. The molecule has 2 aromatic carbocycles. The quantitative estimate of drug-likeness (QED) is 0.591. The fraction of sp³-hybridized carbons (Fsp3) is 0.375. The summed E-state index contributed by atoms with van der Waals surface area (Å²) in [7, 11) is 1.54. The molecule has 1 aliphatic heterocycles. The number of hydrogen-bond donors (Lipinski definition) is 0. The lowest BCUT2D eigenvalue weighted by atomic mass is 9.98. The van der Waals surface area contributed by atoms with Gasteiger partial charge in [-0.05, 0) is 23.8 Å². The van der Waals surface area contributed by atoms with Crippen molar-refractivity contribution in [2.45, 2.75) is 26.3 Å². The first-order valence-electron chi connectivity index (χ1n) is 10.5. The average Bonchev–Trinajstić information content (AvgIpc) is 3.22. The summed E-state index contributed by atoms with van der Waals surface area (Å²) < 4.78 is 19.5. The van der Waals surface area contributed by atoms with Gasteiger partial charge in [-0.25, -0.2) is 9.40 Å². The zero-order valence-electron chi connectivity index (χ0n) is 18.4. The summed E-state index contributed by atoms with van der Waals surface area (Å²) in [6, 6.07) is 13.1. The molecule has 0 bridgehead atoms. The van der Waals surface area contributed by atoms with Crippen LogP contribution in [-0.2, 0) is 14.3 Å². The molecular formula is C24H27ClFN3O3. The van der Waals surface area contributed by atoms with Gasteiger partial charge in [-0.1, -0.05) is 55.8 Å². The molecule has 0 saturated carbocycles. The molecular weight excluding hydrogens is 433 g/mol. The Kier molecular flexibility index (Phi) is 7.99. The fourth-order valence-electron chi connectivity index (χ4n) is 3.61. The molecule has 1 heterocycles. The van der Waals surface area contributed by atoms with Gasteiger partial charge in [-0.2, -0.15) is 5.10 Å². The second kappa shape index (κ2) is 10.7. The number of hydrazone groups is 1. The highest BCUT2D eigenvalue weighted by Gasteiger charge is 2.35. The highest BCUT2D eigenvalue weighted by atomic mass is 35.5. The number of benzene rings is 2. The van der Waals surface area contributed by atoms with Crippen LogP contribution < -0.4 is 0 Å². The molecule has 0 spiro atoms. The summed E-state index contributed by atoms with van der Waals surface area (Å²) in [5.41, 5.74) is 1.67. The Hall–Kier alpha value is -2.77. The predicted molar refractivity (Wildman–Crippen MR) is 122 cm³/mol. The number of hydrogen-bond acceptors (Lipinski definition) is 4. The summed E-state index contributed by atoms with van der Waals surface area (Å²) in [6.45, 7) is 4.04. The van der Waals surface area contributed by atoms with E-state index in [1.165, 1.54) is 16.0 Å². The number of amides is 2. The van der Waals surface area contributed by atoms with Crippen LogP contribution in [-0.4, -0.2) is 54.2 Å². The van der Waals surface area contributed by atoms with Crippen molar-refractivity contribution < 1.29 is 18.7 Å². The van der Waals surface area contributed by atoms with E-state index in [4.69, 9.17) is 16.3 Å². The van der Waals surface area contributed by atoms with Crippen molar-refractivity contribution >= 4 is 29.1 Å². The van der Waals surface area contributed by atoms with Crippen LogP contribution in [0.3, 0.4) is 0 Å². The maximum absolute atomic E-state index is 14.4. The molecule has 8 heteroatoms. The Balaban J connectivity index is 1.91. The van der Waals surface area contributed by atoms with Crippen LogP contribution in [0.2, 0.25) is 5.02 Å². The molecule has 1 atom stereocenters. The van der Waals surface area contributed by atoms with Crippen LogP contribution in [0.1, 0.15) is 37.4 Å². The summed E-state index contributed by atoms with van der Waals surface area (Å²) in [4.78, 5) is 27.4. The van der Waals surface area contributed by atoms with Gasteiger partial charge in [0.25, 0.3) is 5.91 Å². The number of rotatable bonds is 8. The molecule has 2 aromatic rings. The Labute approximate surface area is 192 Å². The number of ether oxygens (including phenoxy) is 1. The van der Waals surface area contributed by atoms with Gasteiger partial charge in [0.15, 0.2) is 0 Å². The van der Waals surface area contributed by atoms with Gasteiger partial charge in [0.05, 0.1) is 18.4 Å². The van der Waals surface area contributed by atoms with Crippen LogP contribution in [0.5, 0.6) is 0 Å². The molecule has 2 amide bonds. The Morgan fingerprint density at radius 2 is 1.91 bits per heavy atom. The van der Waals surface area contributed by atoms with E-state index in [1.807, 2.05) is 12.1 Å². The standard InChI is InChI=1S/C24H27ClFN3O3/c1-16(2)24(31)28(12-13-32-3)15-23(30)29-22(17-8-10-18(25)11-9-17)14-21(27-29)19-6-4-5-7-20(19)26/h4-11,16,22H,12-15H2,1-3H3/t22-/m1/s1. The maximum atomic E-state index is 14.4. The first-order valence-corrected chi connectivity index (χ1v) is 10.9. The third kappa shape index (κ3) is 5.53. The van der Waals surface area contributed by atoms with Crippen LogP contribution in [0, 0.1) is 11.7 Å². The molecule has 3 rings (SSSR count). The second-order valence-corrected chi connectivity index (χ2v) is 8.38. The zero-order chi connectivity index (χ0) is 23.3. The molecule has 0 N–H and O–H groups in total. The highest BCUT2D eigenvalue weighted by Crippen LogP contribution is 2.34. The van der Waals surface area contributed by atoms with Crippen LogP contribution >= 0.6 is 11.6 Å². The van der Waals surface area contributed by atoms with Gasteiger partial charge in [0.2, 0.25) is 5.91 Å². The smallest absolute Gasteiger partial charge is 0.262 e. The van der Waals surface area contributed by atoms with E-state index < -0.39 is 11.9 Å². The van der Waals surface area contributed by atoms with Crippen molar-refractivity contribution in [1.82, 2.24) is 9.91 Å². The molecule has 0 radical (unpaired) electrons. The van der Waals surface area contributed by atoms with E-state index in [0.29, 0.717) is 35.9 Å². The van der Waals surface area contributed by atoms with Gasteiger partial charge >= 0.3 is 0 Å². The average molecular weight is 460 g/mol. The molecule has 0 unspecified atom stereocenters. The third-order valence-electron chi connectivity index (χ3n) is 5.30. The largest absolute Gasteiger partial charge is 0.383 e. The predicted octanol–water partition coefficient (Wildman–Crippen LogP) is 4.29. The normalized spacial score (nSPS) is 15.8. The fourth-order valence-corrected chi connectivity index (χ4v) is 3.74. The lowest BCUT2D eigenvalue weighted by molar-refractivity contribution is -0.143. The Morgan fingerprint density at radius 1 is 1.22 bits per heavy atom. The van der Waals surface area contributed by atoms with Crippen molar-refractivity contribution in [2.24, 2.45) is 11.0 Å². The van der Waals surface area contributed by atoms with Crippen LogP contribution in [0.15, 0.2) is 53.6 Å². The number of halogens is 2. The minimum absolute atomic E-state index is 0.140. The number of carbonyl (C=O) groups excluding carboxylic acids is 2. The molecule has 32 heavy (non-hydrogen) atoms. The van der Waals surface area contributed by atoms with Gasteiger partial charge in [-0.15, -0.1) is 0 Å². The maximum Gasteiger partial charge on any atom is 0.262 e. The Bertz CT molecular complexity index is 994. The van der Waals surface area contributed by atoms with Crippen molar-refractivity contribution in [2.75, 3.05) is 26.8 Å². The van der Waals surface area contributed by atoms with Crippen LogP contribution in [0.4, 0.5) is 4.39 Å². The van der Waals surface area contributed by atoms with E-state index in [2.05, 4.69) is 5.10 Å². The lowest BCUT2D eigenvalue weighted by Crippen LogP contribution is -2.44. The summed E-state index contributed by atoms with van der Waals surface area (Å²) >= 11 is 6.03. The Morgan fingerprint density at radius 3 is 2.53 bits per heavy atom. The summed E-state index contributed by atoms with van der Waals surface area (Å²) in [6.07, 6.45) is 0.352. The highest BCUT2D eigenvalue weighted by molar-refractivity contribution is 6.30. The van der Waals surface area contributed by atoms with E-state index >= 15 is 0 Å². The number of carbonyl (C=O) groups is 2. The zero-order valence-corrected chi connectivity index (χ0v) is 19.2. The number of nitrogens with zero attached hydrogens (tertiary/aromatic N) is 3. The van der Waals surface area contributed by atoms with E-state index in [-0.39, 0.29) is 24.3 Å². The lowest BCUT2D eigenvalue weighted by Gasteiger charge is -2.28. The minimum atomic E-state index is -0.423. The first-order chi connectivity index (χ1) is 15.3. The van der Waals surface area contributed by atoms with Gasteiger partial charge in [0, 0.05) is 36.6 Å². The van der Waals surface area contributed by atoms with E-state index in [9.17, 15) is 14.0 Å². The monoisotopic (exact) mass is 459 g/mol.